The number of unbranched alkanes of at least 4 members (excludes halogenated alkanes) is 1. The predicted octanol–water partition coefficient (Wildman–Crippen LogP) is 8.31. The molecule has 0 aliphatic rings. The summed E-state index contributed by atoms with van der Waals surface area (Å²) in [5, 5.41) is 15.1. The van der Waals surface area contributed by atoms with Crippen LogP contribution < -0.4 is 4.43 Å². The molecule has 3 nitrogen and oxygen atoms in total. The highest BCUT2D eigenvalue weighted by molar-refractivity contribution is 9.10. The zero-order valence-corrected chi connectivity index (χ0v) is 21.5. The van der Waals surface area contributed by atoms with Gasteiger partial charge in [0.25, 0.3) is 8.32 Å². The smallest absolute Gasteiger partial charge is 0.258 e. The molecule has 0 spiro atoms. The minimum atomic E-state index is -2.16. The molecule has 0 atom stereocenters. The molecule has 0 aliphatic heterocycles. The average molecular weight is 479 g/mol. The summed E-state index contributed by atoms with van der Waals surface area (Å²) < 4.78 is 8.17. The summed E-state index contributed by atoms with van der Waals surface area (Å²) in [6, 6.07) is 8.46. The van der Waals surface area contributed by atoms with Crippen LogP contribution in [0.25, 0.3) is 10.8 Å². The zero-order chi connectivity index (χ0) is 21.8. The number of benzene rings is 2. The van der Waals surface area contributed by atoms with E-state index in [1.165, 1.54) is 5.56 Å². The molecule has 0 heterocycles. The summed E-state index contributed by atoms with van der Waals surface area (Å²) in [6.45, 7) is 16.0. The van der Waals surface area contributed by atoms with Crippen molar-refractivity contribution >= 4 is 41.2 Å². The summed E-state index contributed by atoms with van der Waals surface area (Å²) in [6.07, 6.45) is 4.74. The van der Waals surface area contributed by atoms with Crippen LogP contribution in [0.2, 0.25) is 16.6 Å². The van der Waals surface area contributed by atoms with E-state index in [2.05, 4.69) is 81.7 Å². The highest BCUT2D eigenvalue weighted by atomic mass is 79.9. The molecule has 2 aromatic carbocycles. The number of rotatable bonds is 9. The van der Waals surface area contributed by atoms with Crippen molar-refractivity contribution in [2.75, 3.05) is 0 Å². The molecule has 0 bridgehead atoms. The Morgan fingerprint density at radius 3 is 2.24 bits per heavy atom. The minimum Gasteiger partial charge on any atom is -0.542 e. The van der Waals surface area contributed by atoms with Gasteiger partial charge in [-0.2, -0.15) is 0 Å². The molecule has 0 amide bonds. The van der Waals surface area contributed by atoms with E-state index in [0.717, 1.165) is 45.8 Å². The molecular formula is C24H36BrNO2Si. The first-order valence-corrected chi connectivity index (χ1v) is 13.7. The number of oxime groups is 1. The summed E-state index contributed by atoms with van der Waals surface area (Å²) in [7, 11) is -2.16. The second-order valence-corrected chi connectivity index (χ2v) is 15.1. The number of hydrogen-bond donors (Lipinski definition) is 1. The SMILES string of the molecule is CCCCc1cc2cccc(Br)c2c(/C=N/O)c1O[Si](C(C)C)(C(C)C)C(C)C. The summed E-state index contributed by atoms with van der Waals surface area (Å²) in [5.41, 5.74) is 3.50. The van der Waals surface area contributed by atoms with Gasteiger partial charge >= 0.3 is 0 Å². The Kier molecular flexibility index (Phi) is 8.35. The minimum absolute atomic E-state index is 0.468. The molecule has 5 heteroatoms. The van der Waals surface area contributed by atoms with Gasteiger partial charge in [0.05, 0.1) is 6.21 Å². The van der Waals surface area contributed by atoms with Crippen LogP contribution in [0.1, 0.15) is 72.4 Å². The van der Waals surface area contributed by atoms with Crippen LogP contribution in [0.5, 0.6) is 5.75 Å². The van der Waals surface area contributed by atoms with Crippen molar-refractivity contribution in [3.05, 3.63) is 39.9 Å². The molecule has 0 fully saturated rings. The number of nitrogens with zero attached hydrogens (tertiary/aromatic N) is 1. The van der Waals surface area contributed by atoms with Crippen molar-refractivity contribution in [1.82, 2.24) is 0 Å². The summed E-state index contributed by atoms with van der Waals surface area (Å²) >= 11 is 3.71. The molecule has 0 saturated heterocycles. The Labute approximate surface area is 185 Å². The van der Waals surface area contributed by atoms with Crippen molar-refractivity contribution < 1.29 is 9.63 Å². The van der Waals surface area contributed by atoms with E-state index in [1.54, 1.807) is 6.21 Å². The van der Waals surface area contributed by atoms with Crippen LogP contribution in [0, 0.1) is 0 Å². The van der Waals surface area contributed by atoms with Crippen molar-refractivity contribution in [3.63, 3.8) is 0 Å². The van der Waals surface area contributed by atoms with E-state index < -0.39 is 8.32 Å². The fourth-order valence-corrected chi connectivity index (χ4v) is 10.8. The maximum absolute atomic E-state index is 9.50. The van der Waals surface area contributed by atoms with Crippen LogP contribution in [0.15, 0.2) is 33.9 Å². The molecule has 0 saturated carbocycles. The van der Waals surface area contributed by atoms with Gasteiger partial charge in [0.15, 0.2) is 0 Å². The molecule has 0 unspecified atom stereocenters. The van der Waals surface area contributed by atoms with Crippen LogP contribution in [0.4, 0.5) is 0 Å². The Hall–Kier alpha value is -1.33. The Morgan fingerprint density at radius 2 is 1.72 bits per heavy atom. The third kappa shape index (κ3) is 4.71. The van der Waals surface area contributed by atoms with Crippen molar-refractivity contribution in [2.45, 2.75) is 84.4 Å². The maximum Gasteiger partial charge on any atom is 0.258 e. The second-order valence-electron chi connectivity index (χ2n) is 8.88. The fourth-order valence-electron chi connectivity index (χ4n) is 4.87. The lowest BCUT2D eigenvalue weighted by molar-refractivity contribution is 0.321. The van der Waals surface area contributed by atoms with Gasteiger partial charge in [-0.15, -0.1) is 0 Å². The molecular weight excluding hydrogens is 442 g/mol. The van der Waals surface area contributed by atoms with E-state index in [1.807, 2.05) is 12.1 Å². The molecule has 29 heavy (non-hydrogen) atoms. The predicted molar refractivity (Wildman–Crippen MR) is 131 cm³/mol. The number of fused-ring (bicyclic) bond motifs is 1. The largest absolute Gasteiger partial charge is 0.542 e. The number of halogens is 1. The number of hydrogen-bond acceptors (Lipinski definition) is 3. The molecule has 0 aromatic heterocycles. The third-order valence-corrected chi connectivity index (χ3v) is 12.8. The number of aryl methyl sites for hydroxylation is 1. The molecule has 2 rings (SSSR count). The maximum atomic E-state index is 9.50. The summed E-state index contributed by atoms with van der Waals surface area (Å²) in [4.78, 5) is 0. The van der Waals surface area contributed by atoms with Gasteiger partial charge in [-0.1, -0.05) is 88.1 Å². The first-order chi connectivity index (χ1) is 13.7. The second kappa shape index (κ2) is 10.1. The van der Waals surface area contributed by atoms with Crippen molar-refractivity contribution in [3.8, 4) is 5.75 Å². The van der Waals surface area contributed by atoms with Crippen LogP contribution >= 0.6 is 15.9 Å². The van der Waals surface area contributed by atoms with Crippen molar-refractivity contribution in [1.29, 1.82) is 0 Å². The standard InChI is InChI=1S/C24H36BrNO2Si/c1-8-9-11-20-14-19-12-10-13-22(25)23(19)21(15-26-27)24(20)28-29(16(2)3,17(4)5)18(6)7/h10,12-18,27H,8-9,11H2,1-7H3/b26-15+. The van der Waals surface area contributed by atoms with Gasteiger partial charge in [0.2, 0.25) is 0 Å². The Morgan fingerprint density at radius 1 is 1.10 bits per heavy atom. The van der Waals surface area contributed by atoms with Gasteiger partial charge in [0.1, 0.15) is 5.75 Å². The summed E-state index contributed by atoms with van der Waals surface area (Å²) in [5.74, 6) is 0.915. The van der Waals surface area contributed by atoms with Gasteiger partial charge < -0.3 is 9.63 Å². The third-order valence-electron chi connectivity index (χ3n) is 6.15. The first kappa shape index (κ1) is 23.9. The van der Waals surface area contributed by atoms with Gasteiger partial charge in [0, 0.05) is 15.4 Å². The fraction of sp³-hybridized carbons (Fsp3) is 0.542. The lowest BCUT2D eigenvalue weighted by atomic mass is 9.97. The van der Waals surface area contributed by atoms with E-state index in [9.17, 15) is 5.21 Å². The van der Waals surface area contributed by atoms with E-state index in [-0.39, 0.29) is 0 Å². The monoisotopic (exact) mass is 477 g/mol. The zero-order valence-electron chi connectivity index (χ0n) is 18.9. The van der Waals surface area contributed by atoms with E-state index >= 15 is 0 Å². The molecule has 0 aliphatic carbocycles. The van der Waals surface area contributed by atoms with Crippen LogP contribution in [-0.2, 0) is 6.42 Å². The Bertz CT molecular complexity index is 840. The van der Waals surface area contributed by atoms with Gasteiger partial charge in [-0.05, 0) is 52.5 Å². The van der Waals surface area contributed by atoms with Crippen LogP contribution in [-0.4, -0.2) is 19.7 Å². The first-order valence-electron chi connectivity index (χ1n) is 10.8. The van der Waals surface area contributed by atoms with Crippen molar-refractivity contribution in [2.24, 2.45) is 5.16 Å². The van der Waals surface area contributed by atoms with Gasteiger partial charge in [-0.3, -0.25) is 0 Å². The van der Waals surface area contributed by atoms with Gasteiger partial charge in [-0.25, -0.2) is 0 Å². The van der Waals surface area contributed by atoms with E-state index in [0.29, 0.717) is 16.6 Å². The highest BCUT2D eigenvalue weighted by Crippen LogP contribution is 2.46. The quantitative estimate of drug-likeness (QED) is 0.170. The molecule has 1 N–H and O–H groups in total. The van der Waals surface area contributed by atoms with Crippen LogP contribution in [0.3, 0.4) is 0 Å². The average Bonchev–Trinajstić information content (AvgIpc) is 2.64. The lowest BCUT2D eigenvalue weighted by Gasteiger charge is -2.43. The topological polar surface area (TPSA) is 41.8 Å². The Balaban J connectivity index is 2.87. The molecule has 160 valence electrons. The lowest BCUT2D eigenvalue weighted by Crippen LogP contribution is -2.51. The molecule has 0 radical (unpaired) electrons. The van der Waals surface area contributed by atoms with E-state index in [4.69, 9.17) is 4.43 Å². The molecule has 2 aromatic rings. The highest BCUT2D eigenvalue weighted by Gasteiger charge is 2.47. The normalized spacial score (nSPS) is 12.8.